The molecule has 0 amide bonds. The second-order valence-corrected chi connectivity index (χ2v) is 5.76. The Balaban J connectivity index is 1.71. The topological polar surface area (TPSA) is 34.0 Å². The number of anilines is 1. The van der Waals surface area contributed by atoms with E-state index in [0.29, 0.717) is 6.54 Å². The number of rotatable bonds is 4. The van der Waals surface area contributed by atoms with E-state index in [9.17, 15) is 4.79 Å². The number of thiophene rings is 1. The third kappa shape index (κ3) is 2.60. The minimum absolute atomic E-state index is 0.0924. The number of nitrogens with zero attached hydrogens (tertiary/aromatic N) is 1. The van der Waals surface area contributed by atoms with Gasteiger partial charge in [-0.3, -0.25) is 4.79 Å². The summed E-state index contributed by atoms with van der Waals surface area (Å²) in [4.78, 5) is 12.2. The van der Waals surface area contributed by atoms with Crippen LogP contribution in [0.1, 0.15) is 5.56 Å². The van der Waals surface area contributed by atoms with Crippen LogP contribution in [-0.2, 0) is 6.54 Å². The molecular formula is C16H16N2OS. The number of nitrogens with one attached hydrogen (secondary N) is 1. The molecule has 0 fully saturated rings. The van der Waals surface area contributed by atoms with E-state index in [4.69, 9.17) is 0 Å². The molecule has 102 valence electrons. The van der Waals surface area contributed by atoms with Crippen LogP contribution in [0, 0.1) is 6.92 Å². The van der Waals surface area contributed by atoms with Crippen molar-refractivity contribution >= 4 is 27.1 Å². The van der Waals surface area contributed by atoms with Crippen molar-refractivity contribution in [2.75, 3.05) is 11.9 Å². The Morgan fingerprint density at radius 3 is 3.00 bits per heavy atom. The minimum Gasteiger partial charge on any atom is -0.383 e. The predicted molar refractivity (Wildman–Crippen MR) is 85.8 cm³/mol. The molecule has 0 aliphatic heterocycles. The van der Waals surface area contributed by atoms with E-state index in [0.717, 1.165) is 22.3 Å². The Kier molecular flexibility index (Phi) is 3.56. The summed E-state index contributed by atoms with van der Waals surface area (Å²) in [6.45, 7) is 3.47. The first kappa shape index (κ1) is 12.9. The average Bonchev–Trinajstić information content (AvgIpc) is 2.91. The molecule has 1 aromatic carbocycles. The van der Waals surface area contributed by atoms with Gasteiger partial charge in [-0.1, -0.05) is 12.1 Å². The Hall–Kier alpha value is -2.07. The summed E-state index contributed by atoms with van der Waals surface area (Å²) in [5.41, 5.74) is 2.41. The fourth-order valence-corrected chi connectivity index (χ4v) is 3.03. The van der Waals surface area contributed by atoms with Crippen molar-refractivity contribution in [2.45, 2.75) is 13.5 Å². The lowest BCUT2D eigenvalue weighted by atomic mass is 10.2. The lowest BCUT2D eigenvalue weighted by Crippen LogP contribution is -2.22. The second-order valence-electron chi connectivity index (χ2n) is 4.81. The van der Waals surface area contributed by atoms with Gasteiger partial charge >= 0.3 is 0 Å². The number of fused-ring (bicyclic) bond motifs is 1. The van der Waals surface area contributed by atoms with Gasteiger partial charge in [0, 0.05) is 29.7 Å². The molecule has 0 aliphatic rings. The van der Waals surface area contributed by atoms with Gasteiger partial charge in [-0.05, 0) is 42.1 Å². The number of pyridine rings is 1. The molecule has 4 heteroatoms. The summed E-state index contributed by atoms with van der Waals surface area (Å²) in [6.07, 6.45) is 1.87. The summed E-state index contributed by atoms with van der Waals surface area (Å²) >= 11 is 1.60. The van der Waals surface area contributed by atoms with E-state index in [1.54, 1.807) is 15.9 Å². The molecule has 0 saturated carbocycles. The summed E-state index contributed by atoms with van der Waals surface area (Å²) in [5.74, 6) is 0. The van der Waals surface area contributed by atoms with Crippen LogP contribution < -0.4 is 10.9 Å². The summed E-state index contributed by atoms with van der Waals surface area (Å²) in [7, 11) is 0. The van der Waals surface area contributed by atoms with Gasteiger partial charge in [-0.2, -0.15) is 0 Å². The van der Waals surface area contributed by atoms with Gasteiger partial charge in [-0.15, -0.1) is 11.3 Å². The molecule has 0 atom stereocenters. The van der Waals surface area contributed by atoms with Crippen LogP contribution in [0.2, 0.25) is 0 Å². The second kappa shape index (κ2) is 5.51. The van der Waals surface area contributed by atoms with Gasteiger partial charge in [0.15, 0.2) is 0 Å². The zero-order valence-electron chi connectivity index (χ0n) is 11.3. The van der Waals surface area contributed by atoms with Gasteiger partial charge in [0.1, 0.15) is 0 Å². The molecule has 3 nitrogen and oxygen atoms in total. The maximum Gasteiger partial charge on any atom is 0.259 e. The van der Waals surface area contributed by atoms with Gasteiger partial charge < -0.3 is 9.88 Å². The van der Waals surface area contributed by atoms with Crippen LogP contribution in [0.25, 0.3) is 10.1 Å². The van der Waals surface area contributed by atoms with Gasteiger partial charge in [0.25, 0.3) is 5.56 Å². The fraction of sp³-hybridized carbons (Fsp3) is 0.188. The van der Waals surface area contributed by atoms with Gasteiger partial charge in [0.05, 0.1) is 5.39 Å². The van der Waals surface area contributed by atoms with Crippen LogP contribution in [0.3, 0.4) is 0 Å². The van der Waals surface area contributed by atoms with E-state index >= 15 is 0 Å². The SMILES string of the molecule is Cc1cccc(NCCn2ccc3sccc3c2=O)c1. The van der Waals surface area contributed by atoms with Crippen molar-refractivity contribution in [1.82, 2.24) is 4.57 Å². The summed E-state index contributed by atoms with van der Waals surface area (Å²) < 4.78 is 2.82. The monoisotopic (exact) mass is 284 g/mol. The highest BCUT2D eigenvalue weighted by atomic mass is 32.1. The molecular weight excluding hydrogens is 268 g/mol. The van der Waals surface area contributed by atoms with Crippen LogP contribution in [0.5, 0.6) is 0 Å². The Morgan fingerprint density at radius 2 is 2.15 bits per heavy atom. The molecule has 0 radical (unpaired) electrons. The molecule has 0 spiro atoms. The van der Waals surface area contributed by atoms with Crippen LogP contribution in [-0.4, -0.2) is 11.1 Å². The normalized spacial score (nSPS) is 10.8. The van der Waals surface area contributed by atoms with Crippen LogP contribution in [0.4, 0.5) is 5.69 Å². The molecule has 0 bridgehead atoms. The minimum atomic E-state index is 0.0924. The number of hydrogen-bond donors (Lipinski definition) is 1. The van der Waals surface area contributed by atoms with Crippen molar-refractivity contribution < 1.29 is 0 Å². The Bertz CT molecular complexity index is 788. The van der Waals surface area contributed by atoms with Gasteiger partial charge in [0.2, 0.25) is 0 Å². The fourth-order valence-electron chi connectivity index (χ4n) is 2.26. The molecule has 0 aliphatic carbocycles. The maximum absolute atomic E-state index is 12.2. The highest BCUT2D eigenvalue weighted by Gasteiger charge is 2.03. The summed E-state index contributed by atoms with van der Waals surface area (Å²) in [5, 5.41) is 6.12. The Morgan fingerprint density at radius 1 is 1.25 bits per heavy atom. The molecule has 20 heavy (non-hydrogen) atoms. The standard InChI is InChI=1S/C16H16N2OS/c1-12-3-2-4-13(11-12)17-7-9-18-8-5-15-14(16(18)19)6-10-20-15/h2-6,8,10-11,17H,7,9H2,1H3. The molecule has 2 aromatic heterocycles. The highest BCUT2D eigenvalue weighted by molar-refractivity contribution is 7.17. The predicted octanol–water partition coefficient (Wildman–Crippen LogP) is 3.48. The third-order valence-corrected chi connectivity index (χ3v) is 4.17. The van der Waals surface area contributed by atoms with Crippen molar-refractivity contribution in [1.29, 1.82) is 0 Å². The number of hydrogen-bond acceptors (Lipinski definition) is 3. The first-order valence-electron chi connectivity index (χ1n) is 6.61. The number of benzene rings is 1. The van der Waals surface area contributed by atoms with E-state index in [1.807, 2.05) is 35.8 Å². The first-order valence-corrected chi connectivity index (χ1v) is 7.49. The number of aromatic nitrogens is 1. The lowest BCUT2D eigenvalue weighted by Gasteiger charge is -2.09. The molecule has 3 rings (SSSR count). The quantitative estimate of drug-likeness (QED) is 0.796. The third-order valence-electron chi connectivity index (χ3n) is 3.29. The largest absolute Gasteiger partial charge is 0.383 e. The molecule has 2 heterocycles. The van der Waals surface area contributed by atoms with E-state index < -0.39 is 0 Å². The van der Waals surface area contributed by atoms with Crippen LogP contribution >= 0.6 is 11.3 Å². The van der Waals surface area contributed by atoms with Crippen LogP contribution in [0.15, 0.2) is 52.8 Å². The van der Waals surface area contributed by atoms with Crippen molar-refractivity contribution in [3.63, 3.8) is 0 Å². The highest BCUT2D eigenvalue weighted by Crippen LogP contribution is 2.16. The maximum atomic E-state index is 12.2. The number of aryl methyl sites for hydroxylation is 1. The average molecular weight is 284 g/mol. The van der Waals surface area contributed by atoms with E-state index in [-0.39, 0.29) is 5.56 Å². The molecule has 3 aromatic rings. The smallest absolute Gasteiger partial charge is 0.259 e. The van der Waals surface area contributed by atoms with E-state index in [2.05, 4.69) is 24.4 Å². The lowest BCUT2D eigenvalue weighted by molar-refractivity contribution is 0.704. The van der Waals surface area contributed by atoms with Crippen molar-refractivity contribution in [3.05, 3.63) is 63.9 Å². The van der Waals surface area contributed by atoms with Crippen molar-refractivity contribution in [3.8, 4) is 0 Å². The first-order chi connectivity index (χ1) is 9.74. The van der Waals surface area contributed by atoms with E-state index in [1.165, 1.54) is 5.56 Å². The zero-order valence-corrected chi connectivity index (χ0v) is 12.1. The van der Waals surface area contributed by atoms with Gasteiger partial charge in [-0.25, -0.2) is 0 Å². The summed E-state index contributed by atoms with van der Waals surface area (Å²) in [6, 6.07) is 12.1. The van der Waals surface area contributed by atoms with Crippen molar-refractivity contribution in [2.24, 2.45) is 0 Å². The molecule has 0 saturated heterocycles. The Labute approximate surface area is 121 Å². The molecule has 1 N–H and O–H groups in total. The zero-order chi connectivity index (χ0) is 13.9. The molecule has 0 unspecified atom stereocenters.